The first-order valence-electron chi connectivity index (χ1n) is 5.45. The molecule has 0 atom stereocenters. The van der Waals surface area contributed by atoms with E-state index < -0.39 is 0 Å². The molecular formula is C12H19NO2. The number of nitrogens with one attached hydrogen (secondary N) is 1. The van der Waals surface area contributed by atoms with Crippen molar-refractivity contribution in [3.8, 4) is 11.5 Å². The van der Waals surface area contributed by atoms with Crippen molar-refractivity contribution in [3.05, 3.63) is 23.8 Å². The molecule has 0 amide bonds. The minimum atomic E-state index is 0.0993. The Morgan fingerprint density at radius 2 is 2.00 bits per heavy atom. The lowest BCUT2D eigenvalue weighted by atomic mass is 10.2. The Hall–Kier alpha value is -1.22. The van der Waals surface area contributed by atoms with Crippen molar-refractivity contribution in [3.63, 3.8) is 0 Å². The minimum absolute atomic E-state index is 0.0993. The highest BCUT2D eigenvalue weighted by Crippen LogP contribution is 2.22. The third kappa shape index (κ3) is 4.21. The van der Waals surface area contributed by atoms with Crippen LogP contribution in [0.1, 0.15) is 31.7 Å². The quantitative estimate of drug-likeness (QED) is 0.630. The van der Waals surface area contributed by atoms with Crippen LogP contribution in [0.2, 0.25) is 0 Å². The van der Waals surface area contributed by atoms with E-state index in [-0.39, 0.29) is 11.5 Å². The van der Waals surface area contributed by atoms with Gasteiger partial charge in [0.1, 0.15) is 11.5 Å². The molecule has 0 fully saturated rings. The summed E-state index contributed by atoms with van der Waals surface area (Å²) in [6.07, 6.45) is 3.61. The molecule has 0 spiro atoms. The van der Waals surface area contributed by atoms with Gasteiger partial charge in [-0.1, -0.05) is 25.8 Å². The molecule has 0 radical (unpaired) electrons. The first kappa shape index (κ1) is 11.9. The largest absolute Gasteiger partial charge is 0.508 e. The van der Waals surface area contributed by atoms with Crippen LogP contribution in [-0.4, -0.2) is 16.8 Å². The van der Waals surface area contributed by atoms with Gasteiger partial charge in [-0.25, -0.2) is 0 Å². The number of phenolic OH excluding ortho intramolecular Hbond substituents is 2. The highest BCUT2D eigenvalue weighted by molar-refractivity contribution is 5.38. The lowest BCUT2D eigenvalue weighted by molar-refractivity contribution is 0.443. The standard InChI is InChI=1S/C12H19NO2/c1-2-3-4-7-13-9-10-5-6-11(14)8-12(10)15/h5-6,8,13-15H,2-4,7,9H2,1H3. The smallest absolute Gasteiger partial charge is 0.123 e. The molecule has 1 aromatic rings. The van der Waals surface area contributed by atoms with E-state index in [2.05, 4.69) is 12.2 Å². The van der Waals surface area contributed by atoms with Gasteiger partial charge in [0.2, 0.25) is 0 Å². The van der Waals surface area contributed by atoms with Crippen LogP contribution in [0.25, 0.3) is 0 Å². The molecule has 0 aliphatic carbocycles. The first-order chi connectivity index (χ1) is 7.24. The van der Waals surface area contributed by atoms with E-state index in [1.54, 1.807) is 12.1 Å². The Morgan fingerprint density at radius 1 is 1.20 bits per heavy atom. The molecule has 0 unspecified atom stereocenters. The van der Waals surface area contributed by atoms with E-state index in [4.69, 9.17) is 5.11 Å². The Bertz CT molecular complexity index is 300. The highest BCUT2D eigenvalue weighted by Gasteiger charge is 2.00. The molecule has 0 heterocycles. The summed E-state index contributed by atoms with van der Waals surface area (Å²) in [7, 11) is 0. The average Bonchev–Trinajstić information content (AvgIpc) is 2.20. The van der Waals surface area contributed by atoms with E-state index in [0.29, 0.717) is 6.54 Å². The first-order valence-corrected chi connectivity index (χ1v) is 5.45. The lowest BCUT2D eigenvalue weighted by Gasteiger charge is -2.06. The second-order valence-electron chi connectivity index (χ2n) is 3.70. The van der Waals surface area contributed by atoms with Crippen molar-refractivity contribution in [1.29, 1.82) is 0 Å². The number of unbranched alkanes of at least 4 members (excludes halogenated alkanes) is 2. The maximum absolute atomic E-state index is 9.49. The number of aromatic hydroxyl groups is 2. The zero-order chi connectivity index (χ0) is 11.1. The van der Waals surface area contributed by atoms with Gasteiger partial charge in [0.25, 0.3) is 0 Å². The number of hydrogen-bond donors (Lipinski definition) is 3. The molecule has 0 aliphatic rings. The second kappa shape index (κ2) is 6.30. The van der Waals surface area contributed by atoms with Gasteiger partial charge >= 0.3 is 0 Å². The maximum atomic E-state index is 9.49. The molecule has 0 bridgehead atoms. The Kier molecular flexibility index (Phi) is 4.98. The molecule has 0 aromatic heterocycles. The fraction of sp³-hybridized carbons (Fsp3) is 0.500. The highest BCUT2D eigenvalue weighted by atomic mass is 16.3. The molecule has 84 valence electrons. The average molecular weight is 209 g/mol. The molecule has 15 heavy (non-hydrogen) atoms. The Balaban J connectivity index is 2.31. The topological polar surface area (TPSA) is 52.5 Å². The van der Waals surface area contributed by atoms with E-state index in [1.165, 1.54) is 18.9 Å². The fourth-order valence-corrected chi connectivity index (χ4v) is 1.42. The van der Waals surface area contributed by atoms with E-state index in [0.717, 1.165) is 18.5 Å². The van der Waals surface area contributed by atoms with Crippen LogP contribution in [-0.2, 0) is 6.54 Å². The molecule has 3 nitrogen and oxygen atoms in total. The Labute approximate surface area is 90.8 Å². The molecule has 3 heteroatoms. The second-order valence-corrected chi connectivity index (χ2v) is 3.70. The summed E-state index contributed by atoms with van der Waals surface area (Å²) in [5, 5.41) is 21.8. The SMILES string of the molecule is CCCCCNCc1ccc(O)cc1O. The van der Waals surface area contributed by atoms with Gasteiger partial charge in [-0.05, 0) is 19.0 Å². The number of hydrogen-bond acceptors (Lipinski definition) is 3. The van der Waals surface area contributed by atoms with E-state index in [9.17, 15) is 5.11 Å². The van der Waals surface area contributed by atoms with Crippen molar-refractivity contribution >= 4 is 0 Å². The summed E-state index contributed by atoms with van der Waals surface area (Å²) in [6, 6.07) is 4.68. The van der Waals surface area contributed by atoms with Crippen LogP contribution < -0.4 is 5.32 Å². The zero-order valence-corrected chi connectivity index (χ0v) is 9.16. The van der Waals surface area contributed by atoms with E-state index >= 15 is 0 Å². The van der Waals surface area contributed by atoms with Gasteiger partial charge in [0.05, 0.1) is 0 Å². The molecule has 0 saturated carbocycles. The number of rotatable bonds is 6. The van der Waals surface area contributed by atoms with Crippen LogP contribution in [0.15, 0.2) is 18.2 Å². The van der Waals surface area contributed by atoms with Crippen molar-refractivity contribution in [2.45, 2.75) is 32.7 Å². The summed E-state index contributed by atoms with van der Waals surface area (Å²) in [4.78, 5) is 0. The van der Waals surface area contributed by atoms with Crippen molar-refractivity contribution in [1.82, 2.24) is 5.32 Å². The molecule has 1 rings (SSSR count). The summed E-state index contributed by atoms with van der Waals surface area (Å²) in [6.45, 7) is 3.79. The van der Waals surface area contributed by atoms with Gasteiger partial charge in [-0.2, -0.15) is 0 Å². The Morgan fingerprint density at radius 3 is 2.67 bits per heavy atom. The number of phenols is 2. The summed E-state index contributed by atoms with van der Waals surface area (Å²) >= 11 is 0. The fourth-order valence-electron chi connectivity index (χ4n) is 1.42. The predicted molar refractivity (Wildman–Crippen MR) is 61.0 cm³/mol. The summed E-state index contributed by atoms with van der Waals surface area (Å²) in [5.41, 5.74) is 0.823. The van der Waals surface area contributed by atoms with Crippen molar-refractivity contribution < 1.29 is 10.2 Å². The third-order valence-corrected chi connectivity index (χ3v) is 2.34. The summed E-state index contributed by atoms with van der Waals surface area (Å²) in [5.74, 6) is 0.250. The monoisotopic (exact) mass is 209 g/mol. The van der Waals surface area contributed by atoms with Crippen molar-refractivity contribution in [2.24, 2.45) is 0 Å². The van der Waals surface area contributed by atoms with Crippen LogP contribution in [0.5, 0.6) is 11.5 Å². The van der Waals surface area contributed by atoms with Gasteiger partial charge in [0.15, 0.2) is 0 Å². The normalized spacial score (nSPS) is 10.5. The molecule has 1 aromatic carbocycles. The van der Waals surface area contributed by atoms with Gasteiger partial charge in [-0.3, -0.25) is 0 Å². The van der Waals surface area contributed by atoms with E-state index in [1.807, 2.05) is 0 Å². The maximum Gasteiger partial charge on any atom is 0.123 e. The van der Waals surface area contributed by atoms with Gasteiger partial charge in [0, 0.05) is 18.2 Å². The minimum Gasteiger partial charge on any atom is -0.508 e. The van der Waals surface area contributed by atoms with Crippen LogP contribution in [0, 0.1) is 0 Å². The summed E-state index contributed by atoms with van der Waals surface area (Å²) < 4.78 is 0. The lowest BCUT2D eigenvalue weighted by Crippen LogP contribution is -2.14. The van der Waals surface area contributed by atoms with Crippen LogP contribution in [0.4, 0.5) is 0 Å². The predicted octanol–water partition coefficient (Wildman–Crippen LogP) is 2.38. The van der Waals surface area contributed by atoms with Gasteiger partial charge in [-0.15, -0.1) is 0 Å². The zero-order valence-electron chi connectivity index (χ0n) is 9.16. The third-order valence-electron chi connectivity index (χ3n) is 2.34. The van der Waals surface area contributed by atoms with Crippen LogP contribution in [0.3, 0.4) is 0 Å². The molecule has 3 N–H and O–H groups in total. The molecule has 0 saturated heterocycles. The van der Waals surface area contributed by atoms with Gasteiger partial charge < -0.3 is 15.5 Å². The van der Waals surface area contributed by atoms with Crippen molar-refractivity contribution in [2.75, 3.05) is 6.54 Å². The molecule has 0 aliphatic heterocycles. The molecular weight excluding hydrogens is 190 g/mol. The number of benzene rings is 1. The van der Waals surface area contributed by atoms with Crippen LogP contribution >= 0.6 is 0 Å².